The Morgan fingerprint density at radius 1 is 1.24 bits per heavy atom. The van der Waals surface area contributed by atoms with E-state index in [2.05, 4.69) is 44.9 Å². The Morgan fingerprint density at radius 2 is 2.08 bits per heavy atom. The highest BCUT2D eigenvalue weighted by molar-refractivity contribution is 6.30. The van der Waals surface area contributed by atoms with Gasteiger partial charge in [-0.3, -0.25) is 9.20 Å². The van der Waals surface area contributed by atoms with Crippen molar-refractivity contribution >= 4 is 28.8 Å². The van der Waals surface area contributed by atoms with Crippen LogP contribution in [-0.2, 0) is 19.0 Å². The van der Waals surface area contributed by atoms with Crippen LogP contribution in [0, 0.1) is 11.8 Å². The molecule has 2 aliphatic carbocycles. The Labute approximate surface area is 221 Å². The second-order valence-electron chi connectivity index (χ2n) is 10.9. The van der Waals surface area contributed by atoms with Gasteiger partial charge in [0.15, 0.2) is 5.65 Å². The van der Waals surface area contributed by atoms with Crippen LogP contribution in [0.2, 0.25) is 5.15 Å². The average Bonchev–Trinajstić information content (AvgIpc) is 3.43. The summed E-state index contributed by atoms with van der Waals surface area (Å²) >= 11 is 6.40. The minimum atomic E-state index is -0.208. The van der Waals surface area contributed by atoms with Gasteiger partial charge < -0.3 is 15.2 Å². The highest BCUT2D eigenvalue weighted by Crippen LogP contribution is 2.51. The van der Waals surface area contributed by atoms with E-state index >= 15 is 0 Å². The SMILES string of the molecule is CC1CC(c2cccc(NC(=O)c3cc(CNCC4CCC4)cn4c(Cl)cnc34)c2)(c2nncn2C)C1. The molecule has 8 nitrogen and oxygen atoms in total. The molecule has 3 aromatic heterocycles. The minimum Gasteiger partial charge on any atom is -0.322 e. The molecule has 0 unspecified atom stereocenters. The maximum atomic E-state index is 13.6. The zero-order valence-electron chi connectivity index (χ0n) is 21.2. The maximum Gasteiger partial charge on any atom is 0.259 e. The summed E-state index contributed by atoms with van der Waals surface area (Å²) in [6.07, 6.45) is 11.2. The molecule has 192 valence electrons. The topological polar surface area (TPSA) is 89.1 Å². The lowest BCUT2D eigenvalue weighted by Crippen LogP contribution is -2.43. The van der Waals surface area contributed by atoms with Gasteiger partial charge in [-0.05, 0) is 73.4 Å². The molecule has 0 spiro atoms. The molecule has 2 N–H and O–H groups in total. The normalized spacial score (nSPS) is 21.5. The second kappa shape index (κ2) is 9.58. The lowest BCUT2D eigenvalue weighted by atomic mass is 9.58. The molecule has 0 radical (unpaired) electrons. The van der Waals surface area contributed by atoms with Crippen molar-refractivity contribution in [2.24, 2.45) is 18.9 Å². The highest BCUT2D eigenvalue weighted by Gasteiger charge is 2.48. The van der Waals surface area contributed by atoms with Crippen molar-refractivity contribution < 1.29 is 4.79 Å². The van der Waals surface area contributed by atoms with Crippen molar-refractivity contribution in [3.05, 3.63) is 76.7 Å². The van der Waals surface area contributed by atoms with Crippen LogP contribution in [0.3, 0.4) is 0 Å². The first-order valence-electron chi connectivity index (χ1n) is 13.1. The lowest BCUT2D eigenvalue weighted by molar-refractivity contribution is 0.102. The molecular weight excluding hydrogens is 486 g/mol. The number of imidazole rings is 1. The van der Waals surface area contributed by atoms with Crippen LogP contribution < -0.4 is 10.6 Å². The van der Waals surface area contributed by atoms with Crippen molar-refractivity contribution in [2.45, 2.75) is 51.0 Å². The number of benzene rings is 1. The fourth-order valence-electron chi connectivity index (χ4n) is 5.98. The van der Waals surface area contributed by atoms with Crippen LogP contribution in [0.15, 0.2) is 49.1 Å². The van der Waals surface area contributed by atoms with E-state index in [4.69, 9.17) is 11.6 Å². The first-order valence-corrected chi connectivity index (χ1v) is 13.4. The van der Waals surface area contributed by atoms with Crippen LogP contribution >= 0.6 is 11.6 Å². The van der Waals surface area contributed by atoms with Gasteiger partial charge in [0.2, 0.25) is 0 Å². The highest BCUT2D eigenvalue weighted by atomic mass is 35.5. The van der Waals surface area contributed by atoms with E-state index in [-0.39, 0.29) is 11.3 Å². The Balaban J connectivity index is 1.27. The molecule has 1 amide bonds. The molecule has 0 bridgehead atoms. The standard InChI is InChI=1S/C28H32ClN7O/c1-18-11-28(12-18,27-34-32-17-35(27)2)21-7-4-8-22(10-21)33-26(37)23-9-20(14-30-13-19-5-3-6-19)16-36-24(29)15-31-25(23)36/h4,7-10,15-19,30H,3,5-6,11-14H2,1-2H3,(H,33,37). The number of fused-ring (bicyclic) bond motifs is 1. The van der Waals surface area contributed by atoms with Gasteiger partial charge in [0.1, 0.15) is 17.3 Å². The summed E-state index contributed by atoms with van der Waals surface area (Å²) in [6.45, 7) is 3.93. The fraction of sp³-hybridized carbons (Fsp3) is 0.429. The summed E-state index contributed by atoms with van der Waals surface area (Å²) < 4.78 is 3.78. The van der Waals surface area contributed by atoms with Crippen LogP contribution in [-0.4, -0.2) is 36.6 Å². The molecular formula is C28H32ClN7O. The maximum absolute atomic E-state index is 13.6. The van der Waals surface area contributed by atoms with Crippen molar-refractivity contribution in [3.63, 3.8) is 0 Å². The minimum absolute atomic E-state index is 0.193. The Kier molecular flexibility index (Phi) is 6.24. The molecule has 0 atom stereocenters. The van der Waals surface area contributed by atoms with Gasteiger partial charge in [-0.15, -0.1) is 10.2 Å². The largest absolute Gasteiger partial charge is 0.322 e. The second-order valence-corrected chi connectivity index (χ2v) is 11.2. The quantitative estimate of drug-likeness (QED) is 0.344. The number of pyridine rings is 1. The molecule has 37 heavy (non-hydrogen) atoms. The van der Waals surface area contributed by atoms with Crippen molar-refractivity contribution in [3.8, 4) is 0 Å². The monoisotopic (exact) mass is 517 g/mol. The van der Waals surface area contributed by atoms with Gasteiger partial charge in [0.25, 0.3) is 5.91 Å². The third-order valence-electron chi connectivity index (χ3n) is 8.06. The Morgan fingerprint density at radius 3 is 2.78 bits per heavy atom. The van der Waals surface area contributed by atoms with Crippen LogP contribution in [0.25, 0.3) is 5.65 Å². The number of rotatable bonds is 8. The molecule has 4 aromatic rings. The summed E-state index contributed by atoms with van der Waals surface area (Å²) in [5.41, 5.74) is 3.73. The van der Waals surface area contributed by atoms with Gasteiger partial charge in [-0.25, -0.2) is 4.98 Å². The summed E-state index contributed by atoms with van der Waals surface area (Å²) in [4.78, 5) is 18.0. The number of aromatic nitrogens is 5. The number of nitrogens with one attached hydrogen (secondary N) is 2. The summed E-state index contributed by atoms with van der Waals surface area (Å²) in [6, 6.07) is 10.0. The smallest absolute Gasteiger partial charge is 0.259 e. The zero-order valence-corrected chi connectivity index (χ0v) is 22.0. The van der Waals surface area contributed by atoms with E-state index in [9.17, 15) is 4.79 Å². The zero-order chi connectivity index (χ0) is 25.6. The van der Waals surface area contributed by atoms with E-state index in [0.29, 0.717) is 28.8 Å². The lowest BCUT2D eigenvalue weighted by Gasteiger charge is -2.46. The van der Waals surface area contributed by atoms with Gasteiger partial charge in [-0.1, -0.05) is 37.1 Å². The first-order chi connectivity index (χ1) is 17.9. The van der Waals surface area contributed by atoms with E-state index in [0.717, 1.165) is 47.9 Å². The molecule has 2 fully saturated rings. The number of aryl methyl sites for hydroxylation is 1. The average molecular weight is 518 g/mol. The number of carbonyl (C=O) groups is 1. The predicted octanol–water partition coefficient (Wildman–Crippen LogP) is 4.97. The molecule has 2 aliphatic rings. The van der Waals surface area contributed by atoms with Gasteiger partial charge in [0.05, 0.1) is 17.2 Å². The number of nitrogens with zero attached hydrogens (tertiary/aromatic N) is 5. The van der Waals surface area contributed by atoms with Crippen molar-refractivity contribution in [2.75, 3.05) is 11.9 Å². The van der Waals surface area contributed by atoms with E-state index < -0.39 is 0 Å². The number of amides is 1. The third kappa shape index (κ3) is 4.42. The van der Waals surface area contributed by atoms with Gasteiger partial charge in [0, 0.05) is 25.5 Å². The number of halogens is 1. The summed E-state index contributed by atoms with van der Waals surface area (Å²) in [5, 5.41) is 15.7. The number of hydrogen-bond acceptors (Lipinski definition) is 5. The first kappa shape index (κ1) is 24.1. The molecule has 0 aliphatic heterocycles. The van der Waals surface area contributed by atoms with Crippen molar-refractivity contribution in [1.29, 1.82) is 0 Å². The van der Waals surface area contributed by atoms with Gasteiger partial charge in [-0.2, -0.15) is 0 Å². The number of anilines is 1. The molecule has 3 heterocycles. The molecule has 0 saturated heterocycles. The van der Waals surface area contributed by atoms with Crippen LogP contribution in [0.1, 0.15) is 66.3 Å². The van der Waals surface area contributed by atoms with Crippen LogP contribution in [0.5, 0.6) is 0 Å². The summed E-state index contributed by atoms with van der Waals surface area (Å²) in [7, 11) is 1.99. The number of carbonyl (C=O) groups excluding carboxylic acids is 1. The summed E-state index contributed by atoms with van der Waals surface area (Å²) in [5.74, 6) is 2.12. The van der Waals surface area contributed by atoms with Crippen molar-refractivity contribution in [1.82, 2.24) is 29.5 Å². The Hall–Kier alpha value is -3.23. The van der Waals surface area contributed by atoms with Crippen LogP contribution in [0.4, 0.5) is 5.69 Å². The predicted molar refractivity (Wildman–Crippen MR) is 144 cm³/mol. The Bertz CT molecular complexity index is 1450. The molecule has 9 heteroatoms. The van der Waals surface area contributed by atoms with E-state index in [1.165, 1.54) is 19.3 Å². The molecule has 1 aromatic carbocycles. The third-order valence-corrected chi connectivity index (χ3v) is 8.33. The number of hydrogen-bond donors (Lipinski definition) is 2. The fourth-order valence-corrected chi connectivity index (χ4v) is 6.16. The molecule has 6 rings (SSSR count). The van der Waals surface area contributed by atoms with E-state index in [1.54, 1.807) is 16.9 Å². The molecule has 2 saturated carbocycles. The van der Waals surface area contributed by atoms with E-state index in [1.807, 2.05) is 36.0 Å². The van der Waals surface area contributed by atoms with Gasteiger partial charge >= 0.3 is 0 Å².